The first-order valence-corrected chi connectivity index (χ1v) is 8.90. The average Bonchev–Trinajstić information content (AvgIpc) is 3.14. The van der Waals surface area contributed by atoms with E-state index in [1.807, 2.05) is 24.3 Å². The first-order chi connectivity index (χ1) is 11.7. The van der Waals surface area contributed by atoms with Crippen molar-refractivity contribution in [1.82, 2.24) is 4.90 Å². The van der Waals surface area contributed by atoms with Crippen molar-refractivity contribution < 1.29 is 14.4 Å². The van der Waals surface area contributed by atoms with E-state index in [9.17, 15) is 14.4 Å². The number of fused-ring (bicyclic) bond motifs is 2. The fourth-order valence-corrected chi connectivity index (χ4v) is 4.39. The van der Waals surface area contributed by atoms with Gasteiger partial charge in [0.2, 0.25) is 17.7 Å². The number of benzene rings is 1. The number of anilines is 1. The van der Waals surface area contributed by atoms with Gasteiger partial charge in [0.25, 0.3) is 0 Å². The topological polar surface area (TPSA) is 57.7 Å². The van der Waals surface area contributed by atoms with Gasteiger partial charge in [-0.1, -0.05) is 31.0 Å². The van der Waals surface area contributed by atoms with E-state index < -0.39 is 0 Å². The van der Waals surface area contributed by atoms with Crippen LogP contribution in [0, 0.1) is 11.8 Å². The molecule has 0 aromatic heterocycles. The van der Waals surface area contributed by atoms with Crippen LogP contribution in [0.5, 0.6) is 0 Å². The minimum absolute atomic E-state index is 0.00424. The minimum atomic E-state index is -0.131. The zero-order chi connectivity index (χ0) is 16.7. The number of likely N-dealkylation sites (tertiary alicyclic amines) is 1. The summed E-state index contributed by atoms with van der Waals surface area (Å²) < 4.78 is 0. The molecule has 3 aliphatic rings. The van der Waals surface area contributed by atoms with E-state index in [4.69, 9.17) is 0 Å². The van der Waals surface area contributed by atoms with E-state index in [1.54, 1.807) is 4.90 Å². The Morgan fingerprint density at radius 1 is 1.04 bits per heavy atom. The van der Waals surface area contributed by atoms with E-state index in [0.717, 1.165) is 37.8 Å². The second-order valence-corrected chi connectivity index (χ2v) is 7.00. The molecule has 126 valence electrons. The lowest BCUT2D eigenvalue weighted by molar-refractivity contribution is -0.140. The number of hydrogen-bond donors (Lipinski definition) is 0. The summed E-state index contributed by atoms with van der Waals surface area (Å²) in [5, 5.41) is 0. The van der Waals surface area contributed by atoms with Crippen LogP contribution >= 0.6 is 0 Å². The Bertz CT molecular complexity index is 676. The van der Waals surface area contributed by atoms with Crippen LogP contribution in [0.4, 0.5) is 5.69 Å². The van der Waals surface area contributed by atoms with Crippen LogP contribution in [0.2, 0.25) is 0 Å². The summed E-state index contributed by atoms with van der Waals surface area (Å²) in [7, 11) is 0. The molecule has 2 fully saturated rings. The van der Waals surface area contributed by atoms with Gasteiger partial charge in [0.15, 0.2) is 0 Å². The highest BCUT2D eigenvalue weighted by Gasteiger charge is 2.47. The Morgan fingerprint density at radius 2 is 1.71 bits per heavy atom. The van der Waals surface area contributed by atoms with Gasteiger partial charge in [-0.05, 0) is 30.9 Å². The molecule has 0 spiro atoms. The SMILES string of the molecule is O=C1[C@@H]2CCCC[C@H]2C(=O)N1CCC(=O)N1CCc2ccccc21. The Balaban J connectivity index is 1.41. The number of amides is 3. The van der Waals surface area contributed by atoms with Gasteiger partial charge in [-0.3, -0.25) is 19.3 Å². The monoisotopic (exact) mass is 326 g/mol. The quantitative estimate of drug-likeness (QED) is 0.800. The van der Waals surface area contributed by atoms with Crippen LogP contribution < -0.4 is 4.90 Å². The normalized spacial score (nSPS) is 25.8. The highest BCUT2D eigenvalue weighted by molar-refractivity contribution is 6.05. The van der Waals surface area contributed by atoms with Gasteiger partial charge in [0.05, 0.1) is 11.8 Å². The Morgan fingerprint density at radius 3 is 2.42 bits per heavy atom. The van der Waals surface area contributed by atoms with E-state index in [1.165, 1.54) is 10.5 Å². The zero-order valence-corrected chi connectivity index (χ0v) is 13.7. The molecule has 0 N–H and O–H groups in total. The average molecular weight is 326 g/mol. The van der Waals surface area contributed by atoms with Crippen molar-refractivity contribution in [3.63, 3.8) is 0 Å². The molecule has 1 saturated carbocycles. The molecule has 5 heteroatoms. The molecule has 2 heterocycles. The summed E-state index contributed by atoms with van der Waals surface area (Å²) >= 11 is 0. The molecule has 3 amide bonds. The maximum atomic E-state index is 12.6. The molecule has 1 saturated heterocycles. The summed E-state index contributed by atoms with van der Waals surface area (Å²) in [4.78, 5) is 40.6. The van der Waals surface area contributed by atoms with Gasteiger partial charge in [-0.2, -0.15) is 0 Å². The van der Waals surface area contributed by atoms with Crippen LogP contribution in [0.25, 0.3) is 0 Å². The number of imide groups is 1. The van der Waals surface area contributed by atoms with Crippen molar-refractivity contribution in [2.45, 2.75) is 38.5 Å². The Hall–Kier alpha value is -2.17. The maximum Gasteiger partial charge on any atom is 0.233 e. The van der Waals surface area contributed by atoms with Crippen molar-refractivity contribution in [3.05, 3.63) is 29.8 Å². The van der Waals surface area contributed by atoms with Crippen LogP contribution in [-0.4, -0.2) is 35.7 Å². The fraction of sp³-hybridized carbons (Fsp3) is 0.526. The van der Waals surface area contributed by atoms with Crippen molar-refractivity contribution in [2.75, 3.05) is 18.0 Å². The lowest BCUT2D eigenvalue weighted by Crippen LogP contribution is -2.36. The fourth-order valence-electron chi connectivity index (χ4n) is 4.39. The van der Waals surface area contributed by atoms with Gasteiger partial charge >= 0.3 is 0 Å². The molecule has 24 heavy (non-hydrogen) atoms. The largest absolute Gasteiger partial charge is 0.312 e. The minimum Gasteiger partial charge on any atom is -0.312 e. The van der Waals surface area contributed by atoms with Crippen LogP contribution in [0.3, 0.4) is 0 Å². The van der Waals surface area contributed by atoms with Crippen molar-refractivity contribution in [2.24, 2.45) is 11.8 Å². The predicted octanol–water partition coefficient (Wildman–Crippen LogP) is 2.14. The molecule has 1 aromatic carbocycles. The van der Waals surface area contributed by atoms with Crippen molar-refractivity contribution in [1.29, 1.82) is 0 Å². The summed E-state index contributed by atoms with van der Waals surface area (Å²) in [5.41, 5.74) is 2.15. The number of nitrogens with zero attached hydrogens (tertiary/aromatic N) is 2. The highest BCUT2D eigenvalue weighted by atomic mass is 16.2. The van der Waals surface area contributed by atoms with Crippen LogP contribution in [0.1, 0.15) is 37.7 Å². The molecular weight excluding hydrogens is 304 g/mol. The van der Waals surface area contributed by atoms with Gasteiger partial charge in [0, 0.05) is 25.2 Å². The lowest BCUT2D eigenvalue weighted by Gasteiger charge is -2.20. The van der Waals surface area contributed by atoms with Crippen molar-refractivity contribution in [3.8, 4) is 0 Å². The summed E-state index contributed by atoms with van der Waals surface area (Å²) in [6.07, 6.45) is 4.77. The maximum absolute atomic E-state index is 12.6. The lowest BCUT2D eigenvalue weighted by atomic mass is 9.81. The molecule has 4 rings (SSSR count). The first kappa shape index (κ1) is 15.4. The third kappa shape index (κ3) is 2.43. The molecule has 1 aliphatic carbocycles. The molecule has 0 unspecified atom stereocenters. The molecule has 2 atom stereocenters. The van der Waals surface area contributed by atoms with Crippen LogP contribution in [-0.2, 0) is 20.8 Å². The molecule has 5 nitrogen and oxygen atoms in total. The second-order valence-electron chi connectivity index (χ2n) is 7.00. The number of carbonyl (C=O) groups is 3. The molecule has 2 aliphatic heterocycles. The number of para-hydroxylation sites is 1. The number of carbonyl (C=O) groups excluding carboxylic acids is 3. The summed E-state index contributed by atoms with van der Waals surface area (Å²) in [6, 6.07) is 7.92. The van der Waals surface area contributed by atoms with Gasteiger partial charge in [-0.25, -0.2) is 0 Å². The highest BCUT2D eigenvalue weighted by Crippen LogP contribution is 2.38. The standard InChI is InChI=1S/C19H22N2O3/c22-17(20-11-9-13-5-1-4-8-16(13)20)10-12-21-18(23)14-6-2-3-7-15(14)19(21)24/h1,4-5,8,14-15H,2-3,6-7,9-12H2/t14-,15-/m1/s1. The third-order valence-electron chi connectivity index (χ3n) is 5.67. The van der Waals surface area contributed by atoms with Gasteiger partial charge < -0.3 is 4.90 Å². The third-order valence-corrected chi connectivity index (χ3v) is 5.67. The smallest absolute Gasteiger partial charge is 0.233 e. The molecule has 0 bridgehead atoms. The Labute approximate surface area is 141 Å². The molecule has 0 radical (unpaired) electrons. The molecular formula is C19H22N2O3. The summed E-state index contributed by atoms with van der Waals surface area (Å²) in [5.74, 6) is -0.378. The van der Waals surface area contributed by atoms with Crippen molar-refractivity contribution >= 4 is 23.4 Å². The van der Waals surface area contributed by atoms with E-state index in [2.05, 4.69) is 0 Å². The first-order valence-electron chi connectivity index (χ1n) is 8.90. The van der Waals surface area contributed by atoms with E-state index in [-0.39, 0.29) is 42.5 Å². The van der Waals surface area contributed by atoms with Gasteiger partial charge in [0.1, 0.15) is 0 Å². The van der Waals surface area contributed by atoms with E-state index >= 15 is 0 Å². The van der Waals surface area contributed by atoms with Crippen LogP contribution in [0.15, 0.2) is 24.3 Å². The second kappa shape index (κ2) is 6.04. The number of rotatable bonds is 3. The zero-order valence-electron chi connectivity index (χ0n) is 13.7. The summed E-state index contributed by atoms with van der Waals surface area (Å²) in [6.45, 7) is 0.910. The molecule has 1 aromatic rings. The predicted molar refractivity (Wildman–Crippen MR) is 89.3 cm³/mol. The Kier molecular flexibility index (Phi) is 3.87. The van der Waals surface area contributed by atoms with E-state index in [0.29, 0.717) is 6.54 Å². The van der Waals surface area contributed by atoms with Gasteiger partial charge in [-0.15, -0.1) is 0 Å². The number of hydrogen-bond acceptors (Lipinski definition) is 3.